The average molecular weight is 798 g/mol. The van der Waals surface area contributed by atoms with Crippen molar-refractivity contribution in [2.45, 2.75) is 112 Å². The number of aromatic nitrogens is 2. The highest BCUT2D eigenvalue weighted by Crippen LogP contribution is 2.49. The first-order valence-electron chi connectivity index (χ1n) is 22.1. The van der Waals surface area contributed by atoms with Gasteiger partial charge >= 0.3 is 0 Å². The van der Waals surface area contributed by atoms with Crippen molar-refractivity contribution in [3.05, 3.63) is 177 Å². The lowest BCUT2D eigenvalue weighted by molar-refractivity contribution is 0.588. The number of pyridine rings is 2. The zero-order valence-corrected chi connectivity index (χ0v) is 38.5. The molecule has 1 unspecified atom stereocenters. The number of hydrogen-bond donors (Lipinski definition) is 0. The van der Waals surface area contributed by atoms with E-state index < -0.39 is 0 Å². The zero-order valence-electron chi connectivity index (χ0n) is 38.5. The van der Waals surface area contributed by atoms with Crippen LogP contribution in [0, 0.1) is 27.7 Å². The molecular formula is C57H60BN3. The van der Waals surface area contributed by atoms with E-state index in [-0.39, 0.29) is 28.9 Å². The smallest absolute Gasteiger partial charge is 0.247 e. The highest BCUT2D eigenvalue weighted by atomic mass is 15.2. The van der Waals surface area contributed by atoms with E-state index in [0.29, 0.717) is 0 Å². The fraction of sp³-hybridized carbons (Fsp3) is 0.298. The Labute approximate surface area is 365 Å². The molecule has 4 heteroatoms. The van der Waals surface area contributed by atoms with Crippen LogP contribution in [-0.4, -0.2) is 16.7 Å². The first kappa shape index (κ1) is 40.7. The van der Waals surface area contributed by atoms with Crippen molar-refractivity contribution in [3.8, 4) is 22.5 Å². The molecule has 9 rings (SSSR count). The minimum absolute atomic E-state index is 0.0242. The number of hydrogen-bond acceptors (Lipinski definition) is 3. The fourth-order valence-electron chi connectivity index (χ4n) is 9.78. The van der Waals surface area contributed by atoms with Gasteiger partial charge in [0.2, 0.25) is 6.71 Å². The molecule has 2 aliphatic rings. The van der Waals surface area contributed by atoms with E-state index in [1.54, 1.807) is 0 Å². The molecule has 306 valence electrons. The molecule has 0 spiro atoms. The van der Waals surface area contributed by atoms with Gasteiger partial charge in [0.05, 0.1) is 17.1 Å². The van der Waals surface area contributed by atoms with Gasteiger partial charge in [0, 0.05) is 40.8 Å². The summed E-state index contributed by atoms with van der Waals surface area (Å²) in [6, 6.07) is 42.5. The monoisotopic (exact) mass is 797 g/mol. The summed E-state index contributed by atoms with van der Waals surface area (Å²) in [6.07, 6.45) is 3.93. The van der Waals surface area contributed by atoms with Crippen molar-refractivity contribution in [1.29, 1.82) is 0 Å². The van der Waals surface area contributed by atoms with Crippen LogP contribution in [-0.2, 0) is 16.2 Å². The van der Waals surface area contributed by atoms with Crippen LogP contribution < -0.4 is 21.3 Å². The van der Waals surface area contributed by atoms with Crippen LogP contribution in [0.3, 0.4) is 0 Å². The molecule has 0 saturated heterocycles. The SMILES string of the molecule is Cc1ccnc(-c2cc(C(C)(C)C)ccc2C2c3ccc(C)cc3B3c4cc(C)ccc4N(c4ccc(C(C)(C)C)cc4-c4cc(C)ccn4)c4cc(C(C)(C)C)cc2c43)c1. The number of nitrogens with zero attached hydrogens (tertiary/aromatic N) is 3. The van der Waals surface area contributed by atoms with Crippen LogP contribution in [0.15, 0.2) is 122 Å². The largest absolute Gasteiger partial charge is 0.311 e. The molecule has 0 aliphatic carbocycles. The molecule has 0 radical (unpaired) electrons. The Hall–Kier alpha value is -5.74. The third-order valence-electron chi connectivity index (χ3n) is 13.2. The Balaban J connectivity index is 1.43. The first-order chi connectivity index (χ1) is 28.8. The van der Waals surface area contributed by atoms with Crippen molar-refractivity contribution in [3.63, 3.8) is 0 Å². The molecule has 5 aromatic carbocycles. The highest BCUT2D eigenvalue weighted by molar-refractivity contribution is 6.99. The second-order valence-electron chi connectivity index (χ2n) is 21.1. The van der Waals surface area contributed by atoms with Gasteiger partial charge in [-0.25, -0.2) is 0 Å². The van der Waals surface area contributed by atoms with E-state index in [0.717, 1.165) is 22.6 Å². The normalized spacial score (nSPS) is 14.7. The average Bonchev–Trinajstić information content (AvgIpc) is 3.19. The quantitative estimate of drug-likeness (QED) is 0.166. The molecule has 2 aromatic heterocycles. The summed E-state index contributed by atoms with van der Waals surface area (Å²) in [7, 11) is 0. The predicted molar refractivity (Wildman–Crippen MR) is 261 cm³/mol. The van der Waals surface area contributed by atoms with Gasteiger partial charge in [-0.05, 0) is 154 Å². The van der Waals surface area contributed by atoms with E-state index in [2.05, 4.69) is 204 Å². The number of aryl methyl sites for hydroxylation is 4. The van der Waals surface area contributed by atoms with E-state index in [1.807, 2.05) is 12.4 Å². The van der Waals surface area contributed by atoms with Crippen molar-refractivity contribution in [2.24, 2.45) is 0 Å². The molecule has 4 heterocycles. The first-order valence-corrected chi connectivity index (χ1v) is 22.1. The van der Waals surface area contributed by atoms with E-state index in [9.17, 15) is 0 Å². The van der Waals surface area contributed by atoms with Crippen molar-refractivity contribution < 1.29 is 0 Å². The third-order valence-corrected chi connectivity index (χ3v) is 13.2. The van der Waals surface area contributed by atoms with E-state index in [1.165, 1.54) is 89.0 Å². The number of rotatable bonds is 4. The van der Waals surface area contributed by atoms with Gasteiger partial charge in [0.1, 0.15) is 0 Å². The molecule has 0 saturated carbocycles. The Morgan fingerprint density at radius 1 is 0.426 bits per heavy atom. The van der Waals surface area contributed by atoms with Gasteiger partial charge in [0.15, 0.2) is 0 Å². The second-order valence-corrected chi connectivity index (χ2v) is 21.1. The number of anilines is 3. The molecule has 61 heavy (non-hydrogen) atoms. The Morgan fingerprint density at radius 3 is 1.54 bits per heavy atom. The predicted octanol–water partition coefficient (Wildman–Crippen LogP) is 12.7. The maximum Gasteiger partial charge on any atom is 0.247 e. The van der Waals surface area contributed by atoms with Gasteiger partial charge < -0.3 is 4.90 Å². The number of benzene rings is 5. The fourth-order valence-corrected chi connectivity index (χ4v) is 9.78. The van der Waals surface area contributed by atoms with E-state index in [4.69, 9.17) is 9.97 Å². The van der Waals surface area contributed by atoms with Crippen LogP contribution in [0.1, 0.15) is 124 Å². The van der Waals surface area contributed by atoms with Gasteiger partial charge in [-0.15, -0.1) is 0 Å². The summed E-state index contributed by atoms with van der Waals surface area (Å²) in [5.41, 5.74) is 24.8. The molecule has 0 N–H and O–H groups in total. The van der Waals surface area contributed by atoms with Crippen molar-refractivity contribution in [1.82, 2.24) is 9.97 Å². The zero-order chi connectivity index (χ0) is 43.3. The lowest BCUT2D eigenvalue weighted by Gasteiger charge is -2.44. The maximum atomic E-state index is 5.08. The summed E-state index contributed by atoms with van der Waals surface area (Å²) < 4.78 is 0. The van der Waals surface area contributed by atoms with Crippen LogP contribution in [0.2, 0.25) is 0 Å². The van der Waals surface area contributed by atoms with Gasteiger partial charge in [-0.3, -0.25) is 9.97 Å². The van der Waals surface area contributed by atoms with Crippen LogP contribution in [0.25, 0.3) is 22.5 Å². The summed E-state index contributed by atoms with van der Waals surface area (Å²) in [6.45, 7) is 29.8. The summed E-state index contributed by atoms with van der Waals surface area (Å²) in [5.74, 6) is -0.0244. The van der Waals surface area contributed by atoms with Crippen LogP contribution in [0.4, 0.5) is 17.1 Å². The Morgan fingerprint density at radius 2 is 0.934 bits per heavy atom. The maximum absolute atomic E-state index is 5.08. The van der Waals surface area contributed by atoms with Crippen LogP contribution >= 0.6 is 0 Å². The molecule has 0 amide bonds. The summed E-state index contributed by atoms with van der Waals surface area (Å²) in [4.78, 5) is 12.7. The third kappa shape index (κ3) is 7.12. The summed E-state index contributed by atoms with van der Waals surface area (Å²) in [5, 5.41) is 0. The second kappa shape index (κ2) is 14.4. The molecule has 7 aromatic rings. The lowest BCUT2D eigenvalue weighted by Crippen LogP contribution is -2.62. The molecular weight excluding hydrogens is 737 g/mol. The standard InChI is InChI=1S/C57H60BN3/c1-34-14-18-42-46(26-34)58-47-27-35(2)15-20-51(47)61(50-21-17-39(56(8,9)10)31-44(50)49-29-37(4)23-25-60-49)52-33-40(57(11,12)13)32-45(54(52)58)53(42)41-19-16-38(55(5,6)7)30-43(41)48-28-36(3)22-24-59-48/h14-33,53H,1-13H3. The van der Waals surface area contributed by atoms with E-state index >= 15 is 0 Å². The lowest BCUT2D eigenvalue weighted by atomic mass is 9.30. The number of fused-ring (bicyclic) bond motifs is 4. The molecule has 2 aliphatic heterocycles. The van der Waals surface area contributed by atoms with Crippen molar-refractivity contribution in [2.75, 3.05) is 4.90 Å². The van der Waals surface area contributed by atoms with Crippen molar-refractivity contribution >= 4 is 40.2 Å². The van der Waals surface area contributed by atoms with Crippen LogP contribution in [0.5, 0.6) is 0 Å². The van der Waals surface area contributed by atoms with Gasteiger partial charge in [-0.2, -0.15) is 0 Å². The molecule has 3 nitrogen and oxygen atoms in total. The molecule has 1 atom stereocenters. The van der Waals surface area contributed by atoms with Gasteiger partial charge in [0.25, 0.3) is 0 Å². The molecule has 0 fully saturated rings. The molecule has 0 bridgehead atoms. The minimum atomic E-state index is -0.119. The highest BCUT2D eigenvalue weighted by Gasteiger charge is 2.45. The topological polar surface area (TPSA) is 29.0 Å². The Bertz CT molecular complexity index is 2690. The Kier molecular flexibility index (Phi) is 9.62. The summed E-state index contributed by atoms with van der Waals surface area (Å²) >= 11 is 0. The minimum Gasteiger partial charge on any atom is -0.311 e. The van der Waals surface area contributed by atoms with Gasteiger partial charge in [-0.1, -0.05) is 134 Å².